The quantitative estimate of drug-likeness (QED) is 0.853. The Morgan fingerprint density at radius 3 is 2.40 bits per heavy atom. The van der Waals surface area contributed by atoms with Crippen LogP contribution in [0.4, 0.5) is 4.79 Å². The molecule has 3 N–H and O–H groups in total. The van der Waals surface area contributed by atoms with E-state index in [4.69, 9.17) is 5.73 Å². The summed E-state index contributed by atoms with van der Waals surface area (Å²) in [7, 11) is 0. The summed E-state index contributed by atoms with van der Waals surface area (Å²) in [4.78, 5) is 27.6. The Morgan fingerprint density at radius 2 is 1.72 bits per heavy atom. The number of carbonyl (C=O) groups is 2. The molecule has 1 aromatic carbocycles. The van der Waals surface area contributed by atoms with E-state index in [0.29, 0.717) is 19.6 Å². The van der Waals surface area contributed by atoms with E-state index >= 15 is 0 Å². The molecule has 0 saturated carbocycles. The molecule has 0 aliphatic carbocycles. The Bertz CT molecular complexity index is 596. The van der Waals surface area contributed by atoms with Crippen LogP contribution in [-0.2, 0) is 17.9 Å². The molecule has 2 aliphatic heterocycles. The summed E-state index contributed by atoms with van der Waals surface area (Å²) in [5, 5.41) is 2.99. The van der Waals surface area contributed by atoms with Gasteiger partial charge in [0.05, 0.1) is 5.92 Å². The van der Waals surface area contributed by atoms with Crippen molar-refractivity contribution in [3.05, 3.63) is 35.4 Å². The van der Waals surface area contributed by atoms with Crippen molar-refractivity contribution in [2.75, 3.05) is 26.2 Å². The van der Waals surface area contributed by atoms with E-state index in [-0.39, 0.29) is 11.8 Å². The second kappa shape index (κ2) is 8.34. The third-order valence-corrected chi connectivity index (χ3v) is 5.20. The molecule has 2 heterocycles. The Kier molecular flexibility index (Phi) is 5.91. The summed E-state index contributed by atoms with van der Waals surface area (Å²) >= 11 is 0. The van der Waals surface area contributed by atoms with Gasteiger partial charge in [-0.15, -0.1) is 0 Å². The third-order valence-electron chi connectivity index (χ3n) is 5.20. The molecule has 0 radical (unpaired) electrons. The van der Waals surface area contributed by atoms with Crippen molar-refractivity contribution in [2.24, 2.45) is 11.7 Å². The van der Waals surface area contributed by atoms with Crippen LogP contribution in [0.1, 0.15) is 36.8 Å². The summed E-state index contributed by atoms with van der Waals surface area (Å²) in [5.74, 6) is -0.150. The van der Waals surface area contributed by atoms with Crippen molar-refractivity contribution in [1.82, 2.24) is 15.1 Å². The summed E-state index contributed by atoms with van der Waals surface area (Å²) in [6.07, 6.45) is 4.24. The molecule has 1 unspecified atom stereocenters. The molecule has 1 aromatic rings. The van der Waals surface area contributed by atoms with Crippen molar-refractivity contribution >= 4 is 11.9 Å². The van der Waals surface area contributed by atoms with Gasteiger partial charge in [0.1, 0.15) is 0 Å². The number of primary amides is 1. The second-order valence-corrected chi connectivity index (χ2v) is 7.14. The van der Waals surface area contributed by atoms with Crippen molar-refractivity contribution in [3.63, 3.8) is 0 Å². The lowest BCUT2D eigenvalue weighted by Gasteiger charge is -2.30. The van der Waals surface area contributed by atoms with E-state index in [0.717, 1.165) is 24.9 Å². The number of nitrogens with zero attached hydrogens (tertiary/aromatic N) is 2. The molecule has 6 heteroatoms. The highest BCUT2D eigenvalue weighted by atomic mass is 16.2. The van der Waals surface area contributed by atoms with Crippen LogP contribution in [0.25, 0.3) is 0 Å². The Hall–Kier alpha value is -2.08. The minimum absolute atomic E-state index is 0.00657. The molecule has 0 spiro atoms. The summed E-state index contributed by atoms with van der Waals surface area (Å²) < 4.78 is 0. The maximum atomic E-state index is 12.3. The third kappa shape index (κ3) is 4.95. The van der Waals surface area contributed by atoms with E-state index in [1.165, 1.54) is 31.5 Å². The normalized spacial score (nSPS) is 21.3. The van der Waals surface area contributed by atoms with Gasteiger partial charge in [-0.1, -0.05) is 24.3 Å². The molecular formula is C19H28N4O2. The van der Waals surface area contributed by atoms with Gasteiger partial charge in [0.2, 0.25) is 5.91 Å². The van der Waals surface area contributed by atoms with Gasteiger partial charge in [0.25, 0.3) is 0 Å². The number of piperidine rings is 1. The fourth-order valence-electron chi connectivity index (χ4n) is 3.69. The Labute approximate surface area is 149 Å². The maximum absolute atomic E-state index is 12.3. The molecule has 0 aromatic heterocycles. The highest BCUT2D eigenvalue weighted by Gasteiger charge is 2.27. The number of likely N-dealkylation sites (tertiary alicyclic amines) is 2. The van der Waals surface area contributed by atoms with E-state index in [1.54, 1.807) is 4.90 Å². The average molecular weight is 344 g/mol. The van der Waals surface area contributed by atoms with Gasteiger partial charge >= 0.3 is 6.03 Å². The van der Waals surface area contributed by atoms with Crippen LogP contribution < -0.4 is 11.1 Å². The smallest absolute Gasteiger partial charge is 0.314 e. The first-order valence-corrected chi connectivity index (χ1v) is 9.24. The van der Waals surface area contributed by atoms with E-state index < -0.39 is 6.03 Å². The minimum Gasteiger partial charge on any atom is -0.352 e. The highest BCUT2D eigenvalue weighted by Crippen LogP contribution is 2.17. The van der Waals surface area contributed by atoms with Crippen LogP contribution in [0.3, 0.4) is 0 Å². The summed E-state index contributed by atoms with van der Waals surface area (Å²) in [5.41, 5.74) is 7.74. The van der Waals surface area contributed by atoms with Crippen molar-refractivity contribution in [2.45, 2.75) is 38.8 Å². The van der Waals surface area contributed by atoms with Crippen molar-refractivity contribution < 1.29 is 9.59 Å². The molecule has 2 saturated heterocycles. The first-order valence-electron chi connectivity index (χ1n) is 9.24. The fraction of sp³-hybridized carbons (Fsp3) is 0.579. The van der Waals surface area contributed by atoms with Gasteiger partial charge in [-0.05, 0) is 49.9 Å². The Balaban J connectivity index is 1.46. The second-order valence-electron chi connectivity index (χ2n) is 7.14. The lowest BCUT2D eigenvalue weighted by molar-refractivity contribution is -0.126. The zero-order valence-corrected chi connectivity index (χ0v) is 14.7. The van der Waals surface area contributed by atoms with Crippen LogP contribution in [0.2, 0.25) is 0 Å². The van der Waals surface area contributed by atoms with E-state index in [1.807, 2.05) is 0 Å². The van der Waals surface area contributed by atoms with Gasteiger partial charge in [0, 0.05) is 26.2 Å². The molecule has 25 heavy (non-hydrogen) atoms. The van der Waals surface area contributed by atoms with Gasteiger partial charge in [-0.3, -0.25) is 9.69 Å². The summed E-state index contributed by atoms with van der Waals surface area (Å²) in [6, 6.07) is 8.03. The number of benzene rings is 1. The van der Waals surface area contributed by atoms with Gasteiger partial charge < -0.3 is 16.0 Å². The average Bonchev–Trinajstić information content (AvgIpc) is 3.14. The molecule has 2 aliphatic rings. The van der Waals surface area contributed by atoms with Crippen LogP contribution in [0.5, 0.6) is 0 Å². The number of nitrogens with two attached hydrogens (primary N) is 1. The lowest BCUT2D eigenvalue weighted by atomic mass is 9.97. The van der Waals surface area contributed by atoms with Gasteiger partial charge in [0.15, 0.2) is 0 Å². The lowest BCUT2D eigenvalue weighted by Crippen LogP contribution is -2.47. The summed E-state index contributed by atoms with van der Waals surface area (Å²) in [6.45, 7) is 5.00. The predicted octanol–water partition coefficient (Wildman–Crippen LogP) is 1.69. The van der Waals surface area contributed by atoms with Gasteiger partial charge in [-0.2, -0.15) is 0 Å². The highest BCUT2D eigenvalue weighted by molar-refractivity contribution is 5.80. The zero-order valence-electron chi connectivity index (χ0n) is 14.7. The van der Waals surface area contributed by atoms with Crippen LogP contribution in [0.15, 0.2) is 24.3 Å². The number of rotatable bonds is 5. The molecule has 3 rings (SSSR count). The van der Waals surface area contributed by atoms with Gasteiger partial charge in [-0.25, -0.2) is 4.79 Å². The number of nitrogens with one attached hydrogen (secondary N) is 1. The fourth-order valence-corrected chi connectivity index (χ4v) is 3.69. The first-order chi connectivity index (χ1) is 12.1. The molecule has 3 amide bonds. The van der Waals surface area contributed by atoms with Crippen molar-refractivity contribution in [1.29, 1.82) is 0 Å². The van der Waals surface area contributed by atoms with Crippen LogP contribution >= 0.6 is 0 Å². The first kappa shape index (κ1) is 17.7. The number of hydrogen-bond acceptors (Lipinski definition) is 3. The number of carbonyl (C=O) groups excluding carboxylic acids is 2. The molecule has 6 nitrogen and oxygen atoms in total. The Morgan fingerprint density at radius 1 is 1.04 bits per heavy atom. The topological polar surface area (TPSA) is 78.7 Å². The number of urea groups is 1. The SMILES string of the molecule is NC(=O)N1CCCC(C(=O)NCc2ccc(CN3CCCC3)cc2)C1. The molecular weight excluding hydrogens is 316 g/mol. The van der Waals surface area contributed by atoms with E-state index in [2.05, 4.69) is 34.5 Å². The zero-order chi connectivity index (χ0) is 17.6. The molecule has 1 atom stereocenters. The standard InChI is InChI=1S/C19H28N4O2/c20-19(25)23-11-3-4-17(14-23)18(24)21-12-15-5-7-16(8-6-15)13-22-9-1-2-10-22/h5-8,17H,1-4,9-14H2,(H2,20,25)(H,21,24). The number of amides is 3. The monoisotopic (exact) mass is 344 g/mol. The van der Waals surface area contributed by atoms with Crippen molar-refractivity contribution in [3.8, 4) is 0 Å². The molecule has 0 bridgehead atoms. The van der Waals surface area contributed by atoms with Crippen LogP contribution in [0, 0.1) is 5.92 Å². The minimum atomic E-state index is -0.439. The van der Waals surface area contributed by atoms with Crippen LogP contribution in [-0.4, -0.2) is 47.9 Å². The largest absolute Gasteiger partial charge is 0.352 e. The predicted molar refractivity (Wildman–Crippen MR) is 96.7 cm³/mol. The molecule has 2 fully saturated rings. The van der Waals surface area contributed by atoms with E-state index in [9.17, 15) is 9.59 Å². The number of hydrogen-bond donors (Lipinski definition) is 2. The molecule has 136 valence electrons. The maximum Gasteiger partial charge on any atom is 0.314 e.